The van der Waals surface area contributed by atoms with Gasteiger partial charge in [-0.05, 0) is 41.2 Å². The van der Waals surface area contributed by atoms with Gasteiger partial charge in [0.05, 0.1) is 17.2 Å². The maximum atomic E-state index is 13.3. The van der Waals surface area contributed by atoms with Crippen molar-refractivity contribution in [2.75, 3.05) is 37.8 Å². The normalized spacial score (nSPS) is 19.4. The molecule has 0 spiro atoms. The maximum absolute atomic E-state index is 13.3. The summed E-state index contributed by atoms with van der Waals surface area (Å²) in [6.45, 7) is 2.22. The summed E-state index contributed by atoms with van der Waals surface area (Å²) in [6.07, 6.45) is -0.0566. The number of halogens is 2. The minimum absolute atomic E-state index is 0.0247. The summed E-state index contributed by atoms with van der Waals surface area (Å²) in [5.74, 6) is -0.198. The van der Waals surface area contributed by atoms with Crippen LogP contribution in [0.3, 0.4) is 0 Å². The third-order valence-electron chi connectivity index (χ3n) is 3.57. The second kappa shape index (κ2) is 9.86. The van der Waals surface area contributed by atoms with Crippen molar-refractivity contribution in [3.8, 4) is 0 Å². The molecule has 1 aliphatic heterocycles. The fourth-order valence-electron chi connectivity index (χ4n) is 2.24. The Morgan fingerprint density at radius 2 is 2.27 bits per heavy atom. The first-order valence-electron chi connectivity index (χ1n) is 7.63. The highest BCUT2D eigenvalue weighted by Crippen LogP contribution is 2.20. The molecule has 0 aliphatic carbocycles. The highest BCUT2D eigenvalue weighted by molar-refractivity contribution is 9.10. The van der Waals surface area contributed by atoms with Gasteiger partial charge in [0, 0.05) is 24.5 Å². The van der Waals surface area contributed by atoms with Gasteiger partial charge in [0.2, 0.25) is 0 Å². The maximum Gasteiger partial charge on any atom is 0.197 e. The first-order valence-corrected chi connectivity index (χ1v) is 9.41. The average Bonchev–Trinajstić information content (AvgIpc) is 2.63. The molecular formula is C15H19BrFN5O3S. The highest BCUT2D eigenvalue weighted by atomic mass is 79.9. The molecule has 4 N–H and O–H groups in total. The van der Waals surface area contributed by atoms with Crippen molar-refractivity contribution in [3.05, 3.63) is 28.5 Å². The SMILES string of the molecule is CN1CCOC(CS/C(=N/O)C(=N)/C(=N/O)Nc2ccc(F)c(Br)c2)C1. The zero-order chi connectivity index (χ0) is 19.1. The lowest BCUT2D eigenvalue weighted by Crippen LogP contribution is -2.41. The number of hydrogen-bond donors (Lipinski definition) is 4. The molecule has 0 aromatic heterocycles. The van der Waals surface area contributed by atoms with E-state index < -0.39 is 5.82 Å². The fourth-order valence-corrected chi connectivity index (χ4v) is 3.46. The van der Waals surface area contributed by atoms with Gasteiger partial charge in [-0.1, -0.05) is 22.1 Å². The second-order valence-corrected chi connectivity index (χ2v) is 7.41. The van der Waals surface area contributed by atoms with E-state index in [9.17, 15) is 14.8 Å². The molecule has 1 unspecified atom stereocenters. The van der Waals surface area contributed by atoms with Crippen LogP contribution in [-0.4, -0.2) is 70.5 Å². The summed E-state index contributed by atoms with van der Waals surface area (Å²) in [5, 5.41) is 35.3. The van der Waals surface area contributed by atoms with Gasteiger partial charge in [-0.2, -0.15) is 0 Å². The van der Waals surface area contributed by atoms with Crippen LogP contribution in [0.5, 0.6) is 0 Å². The Labute approximate surface area is 162 Å². The number of anilines is 1. The van der Waals surface area contributed by atoms with Crippen LogP contribution in [0.1, 0.15) is 0 Å². The van der Waals surface area contributed by atoms with E-state index in [0.29, 0.717) is 18.0 Å². The summed E-state index contributed by atoms with van der Waals surface area (Å²) in [7, 11) is 1.99. The number of benzene rings is 1. The number of nitrogens with one attached hydrogen (secondary N) is 2. The summed E-state index contributed by atoms with van der Waals surface area (Å²) >= 11 is 4.18. The van der Waals surface area contributed by atoms with Gasteiger partial charge in [0.15, 0.2) is 10.9 Å². The van der Waals surface area contributed by atoms with Gasteiger partial charge in [0.1, 0.15) is 11.5 Å². The summed E-state index contributed by atoms with van der Waals surface area (Å²) in [5.41, 5.74) is 0.0972. The lowest BCUT2D eigenvalue weighted by molar-refractivity contribution is -0.00589. The van der Waals surface area contributed by atoms with Gasteiger partial charge in [-0.25, -0.2) is 4.39 Å². The first kappa shape index (κ1) is 20.6. The minimum Gasteiger partial charge on any atom is -0.410 e. The summed E-state index contributed by atoms with van der Waals surface area (Å²) < 4.78 is 19.1. The van der Waals surface area contributed by atoms with Gasteiger partial charge in [0.25, 0.3) is 0 Å². The molecular weight excluding hydrogens is 429 g/mol. The van der Waals surface area contributed by atoms with E-state index in [2.05, 4.69) is 36.5 Å². The number of oxime groups is 2. The zero-order valence-electron chi connectivity index (χ0n) is 13.9. The molecule has 1 aromatic carbocycles. The van der Waals surface area contributed by atoms with Crippen LogP contribution < -0.4 is 5.32 Å². The van der Waals surface area contributed by atoms with Crippen molar-refractivity contribution in [2.45, 2.75) is 6.10 Å². The molecule has 2 rings (SSSR count). The third-order valence-corrected chi connectivity index (χ3v) is 5.28. The largest absolute Gasteiger partial charge is 0.410 e. The number of rotatable bonds is 5. The van der Waals surface area contributed by atoms with Crippen molar-refractivity contribution in [1.82, 2.24) is 4.90 Å². The lowest BCUT2D eigenvalue weighted by atomic mass is 10.3. The Bertz CT molecular complexity index is 719. The van der Waals surface area contributed by atoms with Crippen molar-refractivity contribution in [2.24, 2.45) is 10.3 Å². The topological polar surface area (TPSA) is 114 Å². The Hall–Kier alpha value is -1.69. The van der Waals surface area contributed by atoms with E-state index in [1.165, 1.54) is 18.2 Å². The predicted octanol–water partition coefficient (Wildman–Crippen LogP) is 2.66. The monoisotopic (exact) mass is 447 g/mol. The zero-order valence-corrected chi connectivity index (χ0v) is 16.3. The molecule has 1 aromatic rings. The van der Waals surface area contributed by atoms with Crippen LogP contribution in [0.25, 0.3) is 0 Å². The number of thioether (sulfide) groups is 1. The molecule has 0 radical (unpaired) electrons. The van der Waals surface area contributed by atoms with Crippen LogP contribution in [0, 0.1) is 11.2 Å². The van der Waals surface area contributed by atoms with E-state index in [4.69, 9.17) is 10.1 Å². The van der Waals surface area contributed by atoms with Crippen LogP contribution in [0.15, 0.2) is 33.0 Å². The molecule has 11 heteroatoms. The van der Waals surface area contributed by atoms with E-state index >= 15 is 0 Å². The van der Waals surface area contributed by atoms with E-state index in [0.717, 1.165) is 24.9 Å². The van der Waals surface area contributed by atoms with Crippen LogP contribution in [0.4, 0.5) is 10.1 Å². The number of morpholine rings is 1. The van der Waals surface area contributed by atoms with Crippen molar-refractivity contribution < 1.29 is 19.5 Å². The first-order chi connectivity index (χ1) is 12.4. The summed E-state index contributed by atoms with van der Waals surface area (Å²) in [6, 6.07) is 4.08. The molecule has 0 amide bonds. The Balaban J connectivity index is 1.99. The van der Waals surface area contributed by atoms with E-state index in [1.807, 2.05) is 7.05 Å². The molecule has 1 fully saturated rings. The van der Waals surface area contributed by atoms with Gasteiger partial charge in [-0.15, -0.1) is 0 Å². The lowest BCUT2D eigenvalue weighted by Gasteiger charge is -2.29. The Morgan fingerprint density at radius 3 is 2.88 bits per heavy atom. The molecule has 1 saturated heterocycles. The quantitative estimate of drug-likeness (QED) is 0.239. The minimum atomic E-state index is -0.446. The number of amidine groups is 1. The van der Waals surface area contributed by atoms with Crippen molar-refractivity contribution in [1.29, 1.82) is 5.41 Å². The standard InChI is InChI=1S/C15H19BrFN5O3S/c1-22-4-5-25-10(7-22)8-26-15(21-24)13(18)14(20-23)19-9-2-3-12(17)11(16)6-9/h2-3,6,10,18,23-24H,4-5,7-8H2,1H3,(H,19,20)/b18-13?,21-15+. The number of likely N-dealkylation sites (N-methyl/N-ethyl adjacent to an activating group) is 1. The molecule has 142 valence electrons. The second-order valence-electron chi connectivity index (χ2n) is 5.55. The third kappa shape index (κ3) is 5.66. The van der Waals surface area contributed by atoms with E-state index in [1.54, 1.807) is 0 Å². The smallest absolute Gasteiger partial charge is 0.197 e. The molecule has 1 heterocycles. The van der Waals surface area contributed by atoms with Crippen LogP contribution in [-0.2, 0) is 4.74 Å². The molecule has 8 nitrogen and oxygen atoms in total. The van der Waals surface area contributed by atoms with Crippen molar-refractivity contribution >= 4 is 50.0 Å². The fraction of sp³-hybridized carbons (Fsp3) is 0.400. The molecule has 1 aliphatic rings. The predicted molar refractivity (Wildman–Crippen MR) is 104 cm³/mol. The Kier molecular flexibility index (Phi) is 7.82. The van der Waals surface area contributed by atoms with Crippen LogP contribution in [0.2, 0.25) is 0 Å². The van der Waals surface area contributed by atoms with Crippen LogP contribution >= 0.6 is 27.7 Å². The number of ether oxygens (including phenoxy) is 1. The molecule has 0 saturated carbocycles. The number of hydrogen-bond acceptors (Lipinski definition) is 8. The molecule has 0 bridgehead atoms. The van der Waals surface area contributed by atoms with Gasteiger partial charge in [-0.3, -0.25) is 5.41 Å². The van der Waals surface area contributed by atoms with Crippen molar-refractivity contribution in [3.63, 3.8) is 0 Å². The average molecular weight is 448 g/mol. The van der Waals surface area contributed by atoms with E-state index in [-0.39, 0.29) is 27.2 Å². The Morgan fingerprint density at radius 1 is 1.50 bits per heavy atom. The molecule has 1 atom stereocenters. The molecule has 26 heavy (non-hydrogen) atoms. The summed E-state index contributed by atoms with van der Waals surface area (Å²) in [4.78, 5) is 2.13. The van der Waals surface area contributed by atoms with Gasteiger partial charge >= 0.3 is 0 Å². The highest BCUT2D eigenvalue weighted by Gasteiger charge is 2.22. The van der Waals surface area contributed by atoms with Gasteiger partial charge < -0.3 is 25.4 Å². The number of nitrogens with zero attached hydrogens (tertiary/aromatic N) is 3.